The second kappa shape index (κ2) is 5.56. The zero-order chi connectivity index (χ0) is 11.4. The fourth-order valence-electron chi connectivity index (χ4n) is 1.13. The number of hydrogen-bond donors (Lipinski definition) is 0. The van der Waals surface area contributed by atoms with Crippen molar-refractivity contribution in [1.29, 1.82) is 0 Å². The van der Waals surface area contributed by atoms with Gasteiger partial charge in [-0.15, -0.1) is 11.6 Å². The van der Waals surface area contributed by atoms with Crippen molar-refractivity contribution in [2.75, 3.05) is 5.88 Å². The molecular formula is C10H8BrClF2O. The molecule has 0 aliphatic carbocycles. The van der Waals surface area contributed by atoms with Crippen molar-refractivity contribution in [3.8, 4) is 0 Å². The molecule has 0 fully saturated rings. The maximum Gasteiger partial charge on any atom is 0.263 e. The monoisotopic (exact) mass is 296 g/mol. The first-order valence-corrected chi connectivity index (χ1v) is 5.51. The Labute approximate surface area is 99.6 Å². The van der Waals surface area contributed by atoms with E-state index in [0.29, 0.717) is 10.0 Å². The van der Waals surface area contributed by atoms with Crippen molar-refractivity contribution in [3.05, 3.63) is 33.8 Å². The van der Waals surface area contributed by atoms with Crippen LogP contribution in [0, 0.1) is 0 Å². The van der Waals surface area contributed by atoms with Gasteiger partial charge in [0, 0.05) is 16.5 Å². The number of carbonyl (C=O) groups is 1. The standard InChI is InChI=1S/C10H8BrClF2O/c11-9-2-1-6(10(13)14)3-7(9)4-8(15)5-12/h1-3,10H,4-5H2. The summed E-state index contributed by atoms with van der Waals surface area (Å²) in [5, 5.41) is 0. The van der Waals surface area contributed by atoms with Gasteiger partial charge in [-0.1, -0.05) is 22.0 Å². The normalized spacial score (nSPS) is 10.7. The van der Waals surface area contributed by atoms with E-state index < -0.39 is 6.43 Å². The van der Waals surface area contributed by atoms with E-state index in [1.807, 2.05) is 0 Å². The van der Waals surface area contributed by atoms with Gasteiger partial charge in [0.05, 0.1) is 5.88 Å². The van der Waals surface area contributed by atoms with Crippen LogP contribution in [0.15, 0.2) is 22.7 Å². The minimum Gasteiger partial charge on any atom is -0.298 e. The van der Waals surface area contributed by atoms with Crippen molar-refractivity contribution in [1.82, 2.24) is 0 Å². The summed E-state index contributed by atoms with van der Waals surface area (Å²) < 4.78 is 25.4. The lowest BCUT2D eigenvalue weighted by atomic mass is 10.1. The molecule has 82 valence electrons. The molecule has 0 aliphatic rings. The van der Waals surface area contributed by atoms with Gasteiger partial charge >= 0.3 is 0 Å². The second-order valence-electron chi connectivity index (χ2n) is 3.00. The van der Waals surface area contributed by atoms with Crippen molar-refractivity contribution >= 4 is 33.3 Å². The molecule has 0 heterocycles. The first-order chi connectivity index (χ1) is 7.04. The molecule has 0 saturated carbocycles. The van der Waals surface area contributed by atoms with Crippen LogP contribution < -0.4 is 0 Å². The maximum atomic E-state index is 12.4. The van der Waals surface area contributed by atoms with Crippen molar-refractivity contribution in [3.63, 3.8) is 0 Å². The Bertz CT molecular complexity index is 368. The van der Waals surface area contributed by atoms with E-state index in [-0.39, 0.29) is 23.6 Å². The van der Waals surface area contributed by atoms with Crippen LogP contribution >= 0.6 is 27.5 Å². The third-order valence-corrected chi connectivity index (χ3v) is 2.93. The minimum atomic E-state index is -2.53. The van der Waals surface area contributed by atoms with Crippen LogP contribution in [0.25, 0.3) is 0 Å². The van der Waals surface area contributed by atoms with Gasteiger partial charge < -0.3 is 0 Å². The van der Waals surface area contributed by atoms with Crippen molar-refractivity contribution in [2.45, 2.75) is 12.8 Å². The summed E-state index contributed by atoms with van der Waals surface area (Å²) in [6.45, 7) is 0. The molecule has 1 aromatic rings. The first-order valence-electron chi connectivity index (χ1n) is 4.18. The smallest absolute Gasteiger partial charge is 0.263 e. The zero-order valence-corrected chi connectivity index (χ0v) is 9.99. The average molecular weight is 298 g/mol. The highest BCUT2D eigenvalue weighted by Gasteiger charge is 2.11. The largest absolute Gasteiger partial charge is 0.298 e. The lowest BCUT2D eigenvalue weighted by Gasteiger charge is -2.06. The van der Waals surface area contributed by atoms with Gasteiger partial charge in [-0.2, -0.15) is 0 Å². The summed E-state index contributed by atoms with van der Waals surface area (Å²) in [6.07, 6.45) is -2.45. The Morgan fingerprint density at radius 2 is 2.13 bits per heavy atom. The van der Waals surface area contributed by atoms with Gasteiger partial charge in [-0.05, 0) is 17.7 Å². The fraction of sp³-hybridized carbons (Fsp3) is 0.300. The Morgan fingerprint density at radius 3 is 2.67 bits per heavy atom. The lowest BCUT2D eigenvalue weighted by molar-refractivity contribution is -0.116. The lowest BCUT2D eigenvalue weighted by Crippen LogP contribution is -2.05. The number of halogens is 4. The Morgan fingerprint density at radius 1 is 1.47 bits per heavy atom. The molecule has 0 aromatic heterocycles. The molecule has 15 heavy (non-hydrogen) atoms. The number of Topliss-reactive ketones (excluding diaryl/α,β-unsaturated/α-hetero) is 1. The number of ketones is 1. The second-order valence-corrected chi connectivity index (χ2v) is 4.12. The van der Waals surface area contributed by atoms with Gasteiger partial charge in [0.1, 0.15) is 0 Å². The Hall–Kier alpha value is -0.480. The fourth-order valence-corrected chi connectivity index (χ4v) is 1.61. The van der Waals surface area contributed by atoms with Crippen molar-refractivity contribution in [2.24, 2.45) is 0 Å². The van der Waals surface area contributed by atoms with Gasteiger partial charge in [-0.3, -0.25) is 4.79 Å². The van der Waals surface area contributed by atoms with Crippen LogP contribution in [0.3, 0.4) is 0 Å². The minimum absolute atomic E-state index is 0.0741. The predicted molar refractivity (Wildman–Crippen MR) is 58.5 cm³/mol. The molecule has 0 amide bonds. The van der Waals surface area contributed by atoms with Gasteiger partial charge in [0.2, 0.25) is 0 Å². The molecule has 1 aromatic carbocycles. The summed E-state index contributed by atoms with van der Waals surface area (Å²) >= 11 is 8.54. The SMILES string of the molecule is O=C(CCl)Cc1cc(C(F)F)ccc1Br. The molecule has 5 heteroatoms. The molecule has 0 radical (unpaired) electrons. The highest BCUT2D eigenvalue weighted by Crippen LogP contribution is 2.25. The number of rotatable bonds is 4. The third-order valence-electron chi connectivity index (χ3n) is 1.86. The number of alkyl halides is 3. The molecule has 0 saturated heterocycles. The summed E-state index contributed by atoms with van der Waals surface area (Å²) in [5.74, 6) is -0.297. The molecular weight excluding hydrogens is 289 g/mol. The number of benzene rings is 1. The number of hydrogen-bond acceptors (Lipinski definition) is 1. The van der Waals surface area contributed by atoms with Crippen LogP contribution in [0.2, 0.25) is 0 Å². The van der Waals surface area contributed by atoms with E-state index in [1.165, 1.54) is 18.2 Å². The Balaban J connectivity index is 2.95. The molecule has 0 aliphatic heterocycles. The number of carbonyl (C=O) groups excluding carboxylic acids is 1. The van der Waals surface area contributed by atoms with E-state index in [0.717, 1.165) is 0 Å². The molecule has 1 rings (SSSR count). The van der Waals surface area contributed by atoms with Crippen molar-refractivity contribution < 1.29 is 13.6 Å². The van der Waals surface area contributed by atoms with E-state index in [1.54, 1.807) is 0 Å². The maximum absolute atomic E-state index is 12.4. The molecule has 0 spiro atoms. The summed E-state index contributed by atoms with van der Waals surface area (Å²) in [5.41, 5.74) is 0.453. The summed E-state index contributed by atoms with van der Waals surface area (Å²) in [6, 6.07) is 4.15. The van der Waals surface area contributed by atoms with Gasteiger partial charge in [-0.25, -0.2) is 8.78 Å². The molecule has 0 N–H and O–H groups in total. The topological polar surface area (TPSA) is 17.1 Å². The average Bonchev–Trinajstić information content (AvgIpc) is 2.20. The molecule has 0 unspecified atom stereocenters. The Kier molecular flexibility index (Phi) is 4.67. The first kappa shape index (κ1) is 12.6. The predicted octanol–water partition coefficient (Wildman–Crippen LogP) is 3.74. The van der Waals surface area contributed by atoms with E-state index in [2.05, 4.69) is 15.9 Å². The summed E-state index contributed by atoms with van der Waals surface area (Å²) in [7, 11) is 0. The van der Waals surface area contributed by atoms with Crippen LogP contribution in [-0.4, -0.2) is 11.7 Å². The third kappa shape index (κ3) is 3.54. The van der Waals surface area contributed by atoms with Gasteiger partial charge in [0.15, 0.2) is 5.78 Å². The zero-order valence-electron chi connectivity index (χ0n) is 7.64. The van der Waals surface area contributed by atoms with Crippen LogP contribution in [0.4, 0.5) is 8.78 Å². The summed E-state index contributed by atoms with van der Waals surface area (Å²) in [4.78, 5) is 11.1. The van der Waals surface area contributed by atoms with E-state index in [9.17, 15) is 13.6 Å². The quantitative estimate of drug-likeness (QED) is 0.774. The van der Waals surface area contributed by atoms with Crippen LogP contribution in [0.5, 0.6) is 0 Å². The van der Waals surface area contributed by atoms with Crippen LogP contribution in [0.1, 0.15) is 17.6 Å². The highest BCUT2D eigenvalue weighted by atomic mass is 79.9. The molecule has 0 bridgehead atoms. The molecule has 0 atom stereocenters. The highest BCUT2D eigenvalue weighted by molar-refractivity contribution is 9.10. The van der Waals surface area contributed by atoms with E-state index in [4.69, 9.17) is 11.6 Å². The van der Waals surface area contributed by atoms with E-state index >= 15 is 0 Å². The molecule has 1 nitrogen and oxygen atoms in total. The van der Waals surface area contributed by atoms with Crippen LogP contribution in [-0.2, 0) is 11.2 Å². The van der Waals surface area contributed by atoms with Gasteiger partial charge in [0.25, 0.3) is 6.43 Å².